The van der Waals surface area contributed by atoms with Crippen LogP contribution in [0.3, 0.4) is 0 Å². The molecule has 230 valence electrons. The molecule has 0 aromatic carbocycles. The largest absolute Gasteiger partial charge is 0.472 e. The molecule has 9 nitrogen and oxygen atoms in total. The zero-order valence-electron chi connectivity index (χ0n) is 25.6. The maximum Gasteiger partial charge on any atom is 0.333 e. The summed E-state index contributed by atoms with van der Waals surface area (Å²) in [4.78, 5) is 25.7. The molecule has 3 aliphatic carbocycles. The molecule has 2 N–H and O–H groups in total. The van der Waals surface area contributed by atoms with Crippen molar-refractivity contribution in [1.29, 1.82) is 0 Å². The van der Waals surface area contributed by atoms with Crippen LogP contribution in [-0.2, 0) is 28.5 Å². The number of carbonyl (C=O) groups is 2. The number of hydrogen-bond donors (Lipinski definition) is 2. The highest BCUT2D eigenvalue weighted by Crippen LogP contribution is 2.72. The van der Waals surface area contributed by atoms with Gasteiger partial charge < -0.3 is 33.6 Å². The Kier molecular flexibility index (Phi) is 7.08. The van der Waals surface area contributed by atoms with Gasteiger partial charge in [0.25, 0.3) is 0 Å². The molecule has 2 saturated carbocycles. The first-order valence-electron chi connectivity index (χ1n) is 15.2. The molecule has 0 unspecified atom stereocenters. The second-order valence-electron chi connectivity index (χ2n) is 13.9. The molecule has 0 bridgehead atoms. The average molecular weight is 585 g/mol. The van der Waals surface area contributed by atoms with Crippen molar-refractivity contribution in [2.24, 2.45) is 28.1 Å². The van der Waals surface area contributed by atoms with E-state index in [2.05, 4.69) is 27.7 Å². The van der Waals surface area contributed by atoms with Crippen molar-refractivity contribution >= 4 is 11.9 Å². The van der Waals surface area contributed by atoms with Crippen molar-refractivity contribution in [3.05, 3.63) is 47.0 Å². The predicted octanol–water partition coefficient (Wildman–Crippen LogP) is 4.43. The van der Waals surface area contributed by atoms with E-state index < -0.39 is 65.0 Å². The Morgan fingerprint density at radius 2 is 1.83 bits per heavy atom. The predicted molar refractivity (Wildman–Crippen MR) is 151 cm³/mol. The molecule has 1 aromatic heterocycles. The second-order valence-corrected chi connectivity index (χ2v) is 13.9. The molecule has 12 atom stereocenters. The smallest absolute Gasteiger partial charge is 0.333 e. The molecule has 1 aromatic rings. The van der Waals surface area contributed by atoms with Gasteiger partial charge in [-0.3, -0.25) is 4.79 Å². The topological polar surface area (TPSA) is 125 Å². The van der Waals surface area contributed by atoms with E-state index in [4.69, 9.17) is 23.4 Å². The molecule has 0 radical (unpaired) electrons. The Labute approximate surface area is 247 Å². The van der Waals surface area contributed by atoms with Crippen LogP contribution in [0.4, 0.5) is 0 Å². The van der Waals surface area contributed by atoms with E-state index in [1.165, 1.54) is 6.92 Å². The third-order valence-electron chi connectivity index (χ3n) is 11.9. The van der Waals surface area contributed by atoms with Gasteiger partial charge in [0.05, 0.1) is 37.4 Å². The lowest BCUT2D eigenvalue weighted by Crippen LogP contribution is -2.72. The summed E-state index contributed by atoms with van der Waals surface area (Å²) in [7, 11) is 0. The normalized spacial score (nSPS) is 46.4. The van der Waals surface area contributed by atoms with Crippen LogP contribution < -0.4 is 0 Å². The maximum atomic E-state index is 13.5. The van der Waals surface area contributed by atoms with Crippen molar-refractivity contribution in [2.75, 3.05) is 6.61 Å². The molecular formula is C33H44O9. The zero-order chi connectivity index (χ0) is 30.4. The standard InChI is InChI=1S/C33H44O9/c1-8-16(2)30(37)42-29-27-28-31(5,15-39-27)24(40-18(4)34)13-23(35)32(28,6)22-12-25(36)41-21-11-20(19-9-10-38-14-19)17(3)26(21)33(22,29)7/h8-10,14,20-25,27-29,35-36H,11-13,15H2,1-7H3/b16-8-/t20-,21+,22-,23+,24-,25-,27-,28+,29-,31-,32+,33-/m1/s1. The van der Waals surface area contributed by atoms with E-state index in [0.717, 1.165) is 16.7 Å². The van der Waals surface area contributed by atoms with E-state index in [0.29, 0.717) is 18.6 Å². The first-order valence-corrected chi connectivity index (χ1v) is 15.2. The highest BCUT2D eigenvalue weighted by Gasteiger charge is 2.77. The van der Waals surface area contributed by atoms with Crippen LogP contribution in [0, 0.1) is 28.1 Å². The van der Waals surface area contributed by atoms with E-state index in [-0.39, 0.29) is 30.6 Å². The summed E-state index contributed by atoms with van der Waals surface area (Å²) < 4.78 is 30.8. The van der Waals surface area contributed by atoms with Crippen molar-refractivity contribution in [1.82, 2.24) is 0 Å². The van der Waals surface area contributed by atoms with Gasteiger partial charge in [0.1, 0.15) is 12.2 Å². The summed E-state index contributed by atoms with van der Waals surface area (Å²) >= 11 is 0. The van der Waals surface area contributed by atoms with Gasteiger partial charge in [-0.2, -0.15) is 0 Å². The van der Waals surface area contributed by atoms with Crippen molar-refractivity contribution < 1.29 is 43.2 Å². The monoisotopic (exact) mass is 584 g/mol. The third-order valence-corrected chi connectivity index (χ3v) is 11.9. The Morgan fingerprint density at radius 3 is 2.48 bits per heavy atom. The minimum atomic E-state index is -1.08. The zero-order valence-corrected chi connectivity index (χ0v) is 25.6. The second kappa shape index (κ2) is 10.0. The third kappa shape index (κ3) is 3.96. The number of furan rings is 1. The lowest BCUT2D eigenvalue weighted by Gasteiger charge is -2.66. The molecule has 0 spiro atoms. The first kappa shape index (κ1) is 29.6. The summed E-state index contributed by atoms with van der Waals surface area (Å²) in [5.74, 6) is -1.51. The minimum Gasteiger partial charge on any atom is -0.472 e. The van der Waals surface area contributed by atoms with Crippen LogP contribution in [0.2, 0.25) is 0 Å². The summed E-state index contributed by atoms with van der Waals surface area (Å²) in [5, 5.41) is 23.4. The lowest BCUT2D eigenvalue weighted by atomic mass is 9.39. The maximum absolute atomic E-state index is 13.5. The molecule has 3 heterocycles. The average Bonchev–Trinajstić information content (AvgIpc) is 3.64. The van der Waals surface area contributed by atoms with Gasteiger partial charge >= 0.3 is 11.9 Å². The fourth-order valence-electron chi connectivity index (χ4n) is 9.91. The molecular weight excluding hydrogens is 540 g/mol. The molecule has 2 aliphatic heterocycles. The fourth-order valence-corrected chi connectivity index (χ4v) is 9.91. The van der Waals surface area contributed by atoms with Crippen LogP contribution in [0.15, 0.2) is 45.8 Å². The van der Waals surface area contributed by atoms with Crippen LogP contribution in [0.5, 0.6) is 0 Å². The number of rotatable bonds is 4. The van der Waals surface area contributed by atoms with Gasteiger partial charge in [0.2, 0.25) is 0 Å². The van der Waals surface area contributed by atoms with E-state index >= 15 is 0 Å². The minimum absolute atomic E-state index is 0.00469. The van der Waals surface area contributed by atoms with E-state index in [1.54, 1.807) is 32.4 Å². The first-order chi connectivity index (χ1) is 19.8. The van der Waals surface area contributed by atoms with Crippen LogP contribution in [-0.4, -0.2) is 65.6 Å². The molecule has 0 amide bonds. The van der Waals surface area contributed by atoms with Gasteiger partial charge in [-0.25, -0.2) is 4.79 Å². The molecule has 9 heteroatoms. The fraction of sp³-hybridized carbons (Fsp3) is 0.697. The van der Waals surface area contributed by atoms with E-state index in [9.17, 15) is 19.8 Å². The molecule has 42 heavy (non-hydrogen) atoms. The Balaban J connectivity index is 1.58. The molecule has 2 saturated heterocycles. The quantitative estimate of drug-likeness (QED) is 0.300. The van der Waals surface area contributed by atoms with Crippen molar-refractivity contribution in [3.63, 3.8) is 0 Å². The van der Waals surface area contributed by atoms with Crippen LogP contribution in [0.1, 0.15) is 79.2 Å². The van der Waals surface area contributed by atoms with Crippen LogP contribution >= 0.6 is 0 Å². The van der Waals surface area contributed by atoms with Gasteiger partial charge in [-0.05, 0) is 50.3 Å². The number of allylic oxidation sites excluding steroid dienone is 2. The van der Waals surface area contributed by atoms with Gasteiger partial charge in [0, 0.05) is 53.4 Å². The highest BCUT2D eigenvalue weighted by molar-refractivity contribution is 5.87. The number of ether oxygens (including phenoxy) is 4. The van der Waals surface area contributed by atoms with Crippen molar-refractivity contribution in [3.8, 4) is 0 Å². The van der Waals surface area contributed by atoms with E-state index in [1.807, 2.05) is 6.07 Å². The molecule has 4 fully saturated rings. The molecule has 6 rings (SSSR count). The number of fused-ring (bicyclic) bond motifs is 4. The summed E-state index contributed by atoms with van der Waals surface area (Å²) in [6.07, 6.45) is 2.01. The van der Waals surface area contributed by atoms with Gasteiger partial charge in [-0.1, -0.05) is 32.4 Å². The molecule has 5 aliphatic rings. The summed E-state index contributed by atoms with van der Waals surface area (Å²) in [5.41, 5.74) is 1.35. The van der Waals surface area contributed by atoms with Gasteiger partial charge in [-0.15, -0.1) is 0 Å². The number of aliphatic hydroxyl groups excluding tert-OH is 2. The Hall–Kier alpha value is -2.46. The Morgan fingerprint density at radius 1 is 1.10 bits per heavy atom. The number of aliphatic hydroxyl groups is 2. The summed E-state index contributed by atoms with van der Waals surface area (Å²) in [6, 6.07) is 1.95. The summed E-state index contributed by atoms with van der Waals surface area (Å²) in [6.45, 7) is 13.5. The SMILES string of the molecule is C/C=C(/C)C(=O)O[C@@H]1[C@@H]2OC[C@]3(C)[C@H](OC(C)=O)C[C@H](O)[C@@](C)([C@@H]23)[C@H]2C[C@H](O)O[C@H]3C[C@@H](c4ccoc4)C(C)=C3[C@]12C. The lowest BCUT2D eigenvalue weighted by molar-refractivity contribution is -0.258. The van der Waals surface area contributed by atoms with Gasteiger partial charge in [0.15, 0.2) is 6.29 Å². The Bertz CT molecular complexity index is 1310. The van der Waals surface area contributed by atoms with Crippen LogP contribution in [0.25, 0.3) is 0 Å². The van der Waals surface area contributed by atoms with Crippen molar-refractivity contribution in [2.45, 2.75) is 110 Å². The highest BCUT2D eigenvalue weighted by atomic mass is 16.6. The number of esters is 2. The number of hydrogen-bond acceptors (Lipinski definition) is 9. The number of carbonyl (C=O) groups excluding carboxylic acids is 2.